The van der Waals surface area contributed by atoms with Gasteiger partial charge in [-0.15, -0.1) is 11.6 Å². The molecule has 96 valence electrons. The maximum absolute atomic E-state index is 6.44. The fourth-order valence-electron chi connectivity index (χ4n) is 2.89. The topological polar surface area (TPSA) is 0 Å². The average Bonchev–Trinajstić information content (AvgIpc) is 2.29. The Morgan fingerprint density at radius 2 is 1.19 bits per heavy atom. The first-order valence-electron chi connectivity index (χ1n) is 7.48. The molecule has 0 nitrogen and oxygen atoms in total. The monoisotopic (exact) mass is 244 g/mol. The van der Waals surface area contributed by atoms with Crippen LogP contribution in [0, 0.1) is 5.92 Å². The van der Waals surface area contributed by atoms with E-state index in [1.165, 1.54) is 70.6 Å². The van der Waals surface area contributed by atoms with Gasteiger partial charge >= 0.3 is 0 Å². The molecule has 1 aliphatic carbocycles. The zero-order chi connectivity index (χ0) is 11.6. The lowest BCUT2D eigenvalue weighted by Crippen LogP contribution is -2.14. The number of rotatable bonds is 2. The van der Waals surface area contributed by atoms with Gasteiger partial charge in [-0.25, -0.2) is 0 Å². The Morgan fingerprint density at radius 3 is 1.56 bits per heavy atom. The second kappa shape index (κ2) is 9.33. The maximum Gasteiger partial charge on any atom is 0.0361 e. The van der Waals surface area contributed by atoms with Gasteiger partial charge in [0.2, 0.25) is 0 Å². The SMILES string of the molecule is CCC(Cl)C1CCCCCCCCCCC1. The van der Waals surface area contributed by atoms with Crippen molar-refractivity contribution in [3.05, 3.63) is 0 Å². The number of hydrogen-bond donors (Lipinski definition) is 0. The summed E-state index contributed by atoms with van der Waals surface area (Å²) in [5, 5.41) is 0.433. The van der Waals surface area contributed by atoms with Crippen LogP contribution in [-0.4, -0.2) is 5.38 Å². The molecule has 0 radical (unpaired) electrons. The van der Waals surface area contributed by atoms with Crippen LogP contribution in [0.2, 0.25) is 0 Å². The van der Waals surface area contributed by atoms with Gasteiger partial charge in [0.15, 0.2) is 0 Å². The van der Waals surface area contributed by atoms with Crippen LogP contribution in [0.5, 0.6) is 0 Å². The van der Waals surface area contributed by atoms with Gasteiger partial charge in [0.1, 0.15) is 0 Å². The molecule has 0 aliphatic heterocycles. The molecular formula is C15H29Cl. The van der Waals surface area contributed by atoms with E-state index < -0.39 is 0 Å². The van der Waals surface area contributed by atoms with Crippen molar-refractivity contribution in [3.63, 3.8) is 0 Å². The molecule has 1 unspecified atom stereocenters. The second-order valence-electron chi connectivity index (χ2n) is 5.44. The summed E-state index contributed by atoms with van der Waals surface area (Å²) in [6.07, 6.45) is 16.9. The van der Waals surface area contributed by atoms with Crippen molar-refractivity contribution in [1.82, 2.24) is 0 Å². The quantitative estimate of drug-likeness (QED) is 0.529. The van der Waals surface area contributed by atoms with Crippen molar-refractivity contribution in [2.75, 3.05) is 0 Å². The van der Waals surface area contributed by atoms with Gasteiger partial charge in [0.05, 0.1) is 0 Å². The molecule has 1 rings (SSSR count). The van der Waals surface area contributed by atoms with Crippen molar-refractivity contribution >= 4 is 11.6 Å². The van der Waals surface area contributed by atoms with Crippen molar-refractivity contribution in [2.24, 2.45) is 5.92 Å². The van der Waals surface area contributed by atoms with Crippen molar-refractivity contribution in [1.29, 1.82) is 0 Å². The first-order chi connectivity index (χ1) is 7.84. The van der Waals surface area contributed by atoms with Crippen LogP contribution in [0.1, 0.15) is 84.0 Å². The fraction of sp³-hybridized carbons (Fsp3) is 1.00. The zero-order valence-electron chi connectivity index (χ0n) is 11.0. The van der Waals surface area contributed by atoms with Crippen molar-refractivity contribution in [3.8, 4) is 0 Å². The Kier molecular flexibility index (Phi) is 8.37. The molecule has 0 spiro atoms. The molecule has 0 N–H and O–H groups in total. The molecule has 1 fully saturated rings. The minimum Gasteiger partial charge on any atom is -0.123 e. The molecule has 0 aromatic rings. The van der Waals surface area contributed by atoms with E-state index in [-0.39, 0.29) is 0 Å². The highest BCUT2D eigenvalue weighted by Crippen LogP contribution is 2.27. The summed E-state index contributed by atoms with van der Waals surface area (Å²) in [7, 11) is 0. The van der Waals surface area contributed by atoms with Gasteiger partial charge in [-0.2, -0.15) is 0 Å². The average molecular weight is 245 g/mol. The van der Waals surface area contributed by atoms with Gasteiger partial charge in [-0.05, 0) is 25.2 Å². The highest BCUT2D eigenvalue weighted by Gasteiger charge is 2.17. The Bertz CT molecular complexity index is 144. The minimum atomic E-state index is 0.433. The summed E-state index contributed by atoms with van der Waals surface area (Å²) < 4.78 is 0. The van der Waals surface area contributed by atoms with E-state index in [1.807, 2.05) is 0 Å². The Labute approximate surface area is 107 Å². The standard InChI is InChI=1S/C15H29Cl/c1-2-15(16)14-12-10-8-6-4-3-5-7-9-11-13-14/h14-15H,2-13H2,1H3. The van der Waals surface area contributed by atoms with Crippen LogP contribution in [0.4, 0.5) is 0 Å². The zero-order valence-corrected chi connectivity index (χ0v) is 11.8. The molecule has 1 saturated carbocycles. The summed E-state index contributed by atoms with van der Waals surface area (Å²) >= 11 is 6.44. The maximum atomic E-state index is 6.44. The molecular weight excluding hydrogens is 216 g/mol. The number of halogens is 1. The normalized spacial score (nSPS) is 24.4. The Morgan fingerprint density at radius 1 is 0.812 bits per heavy atom. The van der Waals surface area contributed by atoms with E-state index >= 15 is 0 Å². The smallest absolute Gasteiger partial charge is 0.0361 e. The third-order valence-corrected chi connectivity index (χ3v) is 4.72. The van der Waals surface area contributed by atoms with E-state index in [2.05, 4.69) is 6.92 Å². The van der Waals surface area contributed by atoms with Gasteiger partial charge < -0.3 is 0 Å². The van der Waals surface area contributed by atoms with Crippen LogP contribution in [0.3, 0.4) is 0 Å². The van der Waals surface area contributed by atoms with Gasteiger partial charge in [-0.1, -0.05) is 64.7 Å². The van der Waals surface area contributed by atoms with Crippen LogP contribution in [0.25, 0.3) is 0 Å². The van der Waals surface area contributed by atoms with Gasteiger partial charge in [0, 0.05) is 5.38 Å². The molecule has 0 amide bonds. The third-order valence-electron chi connectivity index (χ3n) is 4.05. The highest BCUT2D eigenvalue weighted by atomic mass is 35.5. The molecule has 1 heteroatoms. The van der Waals surface area contributed by atoms with Crippen LogP contribution in [-0.2, 0) is 0 Å². The number of alkyl halides is 1. The van der Waals surface area contributed by atoms with Gasteiger partial charge in [-0.3, -0.25) is 0 Å². The van der Waals surface area contributed by atoms with Crippen LogP contribution < -0.4 is 0 Å². The molecule has 0 saturated heterocycles. The van der Waals surface area contributed by atoms with E-state index in [0.717, 1.165) is 12.3 Å². The Hall–Kier alpha value is 0.290. The molecule has 0 bridgehead atoms. The van der Waals surface area contributed by atoms with Crippen LogP contribution >= 0.6 is 11.6 Å². The van der Waals surface area contributed by atoms with Crippen molar-refractivity contribution < 1.29 is 0 Å². The second-order valence-corrected chi connectivity index (χ2v) is 6.00. The van der Waals surface area contributed by atoms with E-state index in [9.17, 15) is 0 Å². The third kappa shape index (κ3) is 6.13. The van der Waals surface area contributed by atoms with E-state index in [1.54, 1.807) is 0 Å². The summed E-state index contributed by atoms with van der Waals surface area (Å²) in [6.45, 7) is 2.23. The molecule has 0 aromatic carbocycles. The summed E-state index contributed by atoms with van der Waals surface area (Å²) in [5.74, 6) is 0.797. The minimum absolute atomic E-state index is 0.433. The molecule has 1 atom stereocenters. The summed E-state index contributed by atoms with van der Waals surface area (Å²) in [6, 6.07) is 0. The first kappa shape index (κ1) is 14.4. The molecule has 1 aliphatic rings. The molecule has 0 aromatic heterocycles. The predicted octanol–water partition coefficient (Wildman–Crippen LogP) is 5.92. The Balaban J connectivity index is 2.30. The molecule has 0 heterocycles. The molecule has 16 heavy (non-hydrogen) atoms. The van der Waals surface area contributed by atoms with E-state index in [0.29, 0.717) is 5.38 Å². The lowest BCUT2D eigenvalue weighted by atomic mass is 9.89. The lowest BCUT2D eigenvalue weighted by molar-refractivity contribution is 0.376. The van der Waals surface area contributed by atoms with Gasteiger partial charge in [0.25, 0.3) is 0 Å². The van der Waals surface area contributed by atoms with Crippen LogP contribution in [0.15, 0.2) is 0 Å². The first-order valence-corrected chi connectivity index (χ1v) is 7.92. The summed E-state index contributed by atoms with van der Waals surface area (Å²) in [4.78, 5) is 0. The lowest BCUT2D eigenvalue weighted by Gasteiger charge is -2.21. The largest absolute Gasteiger partial charge is 0.123 e. The van der Waals surface area contributed by atoms with E-state index in [4.69, 9.17) is 11.6 Å². The predicted molar refractivity (Wildman–Crippen MR) is 74.2 cm³/mol. The number of hydrogen-bond acceptors (Lipinski definition) is 0. The highest BCUT2D eigenvalue weighted by molar-refractivity contribution is 6.20. The summed E-state index contributed by atoms with van der Waals surface area (Å²) in [5.41, 5.74) is 0. The van der Waals surface area contributed by atoms with Crippen molar-refractivity contribution in [2.45, 2.75) is 89.4 Å². The fourth-order valence-corrected chi connectivity index (χ4v) is 3.14.